The lowest BCUT2D eigenvalue weighted by Gasteiger charge is -2.32. The lowest BCUT2D eigenvalue weighted by Crippen LogP contribution is -2.52. The van der Waals surface area contributed by atoms with Crippen molar-refractivity contribution in [2.45, 2.75) is 46.3 Å². The maximum Gasteiger partial charge on any atom is 0.244 e. The number of nitrogens with zero attached hydrogens (tertiary/aromatic N) is 2. The Kier molecular flexibility index (Phi) is 8.54. The van der Waals surface area contributed by atoms with Crippen molar-refractivity contribution in [1.82, 2.24) is 10.2 Å². The molecule has 0 saturated carbocycles. The number of nitrogens with one attached hydrogen (secondary N) is 1. The summed E-state index contributed by atoms with van der Waals surface area (Å²) in [7, 11) is -4.02. The third-order valence-electron chi connectivity index (χ3n) is 4.94. The van der Waals surface area contributed by atoms with Crippen molar-refractivity contribution in [2.75, 3.05) is 17.1 Å². The van der Waals surface area contributed by atoms with E-state index in [1.807, 2.05) is 31.2 Å². The standard InChI is InChI=1S/C23H29F2N3O4S/c1-15(2)26-23(30)17(4)27(13-18-8-6-16(3)7-9-18)22(29)14-28(33(5,31)32)19-10-11-20(24)21(25)12-19/h6-12,15,17H,13-14H2,1-5H3,(H,26,30)/t17-/m1/s1. The summed E-state index contributed by atoms with van der Waals surface area (Å²) in [6, 6.07) is 8.85. The van der Waals surface area contributed by atoms with Gasteiger partial charge >= 0.3 is 0 Å². The molecule has 0 aromatic heterocycles. The van der Waals surface area contributed by atoms with Crippen LogP contribution < -0.4 is 9.62 Å². The molecule has 0 spiro atoms. The highest BCUT2D eigenvalue weighted by molar-refractivity contribution is 7.92. The summed E-state index contributed by atoms with van der Waals surface area (Å²) in [4.78, 5) is 27.2. The molecule has 1 atom stereocenters. The van der Waals surface area contributed by atoms with Gasteiger partial charge in [-0.2, -0.15) is 0 Å². The van der Waals surface area contributed by atoms with Crippen LogP contribution in [0.5, 0.6) is 0 Å². The quantitative estimate of drug-likeness (QED) is 0.597. The molecule has 0 unspecified atom stereocenters. The SMILES string of the molecule is Cc1ccc(CN(C(=O)CN(c2ccc(F)c(F)c2)S(C)(=O)=O)[C@H](C)C(=O)NC(C)C)cc1. The van der Waals surface area contributed by atoms with E-state index in [4.69, 9.17) is 0 Å². The van der Waals surface area contributed by atoms with Crippen LogP contribution in [0.4, 0.5) is 14.5 Å². The average molecular weight is 482 g/mol. The van der Waals surface area contributed by atoms with Crippen molar-refractivity contribution in [3.05, 3.63) is 65.2 Å². The van der Waals surface area contributed by atoms with Gasteiger partial charge in [0.1, 0.15) is 12.6 Å². The Bertz CT molecular complexity index is 1110. The van der Waals surface area contributed by atoms with E-state index in [-0.39, 0.29) is 18.3 Å². The maximum atomic E-state index is 13.8. The van der Waals surface area contributed by atoms with Gasteiger partial charge in [0.15, 0.2) is 11.6 Å². The lowest BCUT2D eigenvalue weighted by atomic mass is 10.1. The largest absolute Gasteiger partial charge is 0.352 e. The van der Waals surface area contributed by atoms with Crippen LogP contribution in [0.2, 0.25) is 0 Å². The van der Waals surface area contributed by atoms with E-state index in [9.17, 15) is 26.8 Å². The number of sulfonamides is 1. The van der Waals surface area contributed by atoms with Gasteiger partial charge in [-0.25, -0.2) is 17.2 Å². The van der Waals surface area contributed by atoms with E-state index in [2.05, 4.69) is 5.32 Å². The molecular weight excluding hydrogens is 452 g/mol. The lowest BCUT2D eigenvalue weighted by molar-refractivity contribution is -0.139. The van der Waals surface area contributed by atoms with Crippen molar-refractivity contribution in [3.8, 4) is 0 Å². The van der Waals surface area contributed by atoms with Crippen LogP contribution >= 0.6 is 0 Å². The van der Waals surface area contributed by atoms with Gasteiger partial charge < -0.3 is 10.2 Å². The summed E-state index contributed by atoms with van der Waals surface area (Å²) in [6.45, 7) is 6.40. The fourth-order valence-corrected chi connectivity index (χ4v) is 3.97. The zero-order valence-corrected chi connectivity index (χ0v) is 20.1. The normalized spacial score (nSPS) is 12.4. The van der Waals surface area contributed by atoms with Gasteiger partial charge in [0.2, 0.25) is 21.8 Å². The highest BCUT2D eigenvalue weighted by atomic mass is 32.2. The number of amides is 2. The third kappa shape index (κ3) is 7.24. The third-order valence-corrected chi connectivity index (χ3v) is 6.08. The molecule has 2 rings (SSSR count). The summed E-state index contributed by atoms with van der Waals surface area (Å²) in [6.07, 6.45) is 0.862. The van der Waals surface area contributed by atoms with Crippen LogP contribution in [0.3, 0.4) is 0 Å². The number of rotatable bonds is 9. The number of anilines is 1. The number of aryl methyl sites for hydroxylation is 1. The molecule has 0 bridgehead atoms. The fraction of sp³-hybridized carbons (Fsp3) is 0.391. The molecule has 2 amide bonds. The van der Waals surface area contributed by atoms with E-state index in [1.165, 1.54) is 4.90 Å². The van der Waals surface area contributed by atoms with E-state index >= 15 is 0 Å². The van der Waals surface area contributed by atoms with Gasteiger partial charge in [-0.3, -0.25) is 13.9 Å². The molecule has 10 heteroatoms. The molecule has 7 nitrogen and oxygen atoms in total. The molecular formula is C23H29F2N3O4S. The summed E-state index contributed by atoms with van der Waals surface area (Å²) in [5, 5.41) is 2.75. The molecule has 33 heavy (non-hydrogen) atoms. The van der Waals surface area contributed by atoms with Crippen molar-refractivity contribution in [3.63, 3.8) is 0 Å². The van der Waals surface area contributed by atoms with Crippen LogP contribution in [0.1, 0.15) is 31.9 Å². The molecule has 0 saturated heterocycles. The molecule has 0 heterocycles. The summed E-state index contributed by atoms with van der Waals surface area (Å²) < 4.78 is 52.6. The van der Waals surface area contributed by atoms with Gasteiger partial charge in [0, 0.05) is 18.7 Å². The average Bonchev–Trinajstić information content (AvgIpc) is 2.71. The second-order valence-corrected chi connectivity index (χ2v) is 10.1. The van der Waals surface area contributed by atoms with E-state index in [1.54, 1.807) is 20.8 Å². The van der Waals surface area contributed by atoms with Crippen molar-refractivity contribution in [1.29, 1.82) is 0 Å². The highest BCUT2D eigenvalue weighted by Gasteiger charge is 2.30. The Morgan fingerprint density at radius 2 is 1.61 bits per heavy atom. The maximum absolute atomic E-state index is 13.8. The molecule has 1 N–H and O–H groups in total. The van der Waals surface area contributed by atoms with E-state index in [0.717, 1.165) is 29.5 Å². The van der Waals surface area contributed by atoms with E-state index < -0.39 is 46.1 Å². The molecule has 2 aromatic carbocycles. The predicted molar refractivity (Wildman–Crippen MR) is 123 cm³/mol. The second kappa shape index (κ2) is 10.7. The molecule has 0 fully saturated rings. The summed E-state index contributed by atoms with van der Waals surface area (Å²) in [5.74, 6) is -3.45. The highest BCUT2D eigenvalue weighted by Crippen LogP contribution is 2.21. The Morgan fingerprint density at radius 1 is 1.00 bits per heavy atom. The Morgan fingerprint density at radius 3 is 2.12 bits per heavy atom. The van der Waals surface area contributed by atoms with Gasteiger partial charge in [-0.15, -0.1) is 0 Å². The first-order valence-electron chi connectivity index (χ1n) is 10.4. The minimum Gasteiger partial charge on any atom is -0.352 e. The molecule has 0 aliphatic heterocycles. The Labute approximate surface area is 193 Å². The van der Waals surface area contributed by atoms with Crippen LogP contribution in [0.25, 0.3) is 0 Å². The number of benzene rings is 2. The van der Waals surface area contributed by atoms with Crippen molar-refractivity contribution in [2.24, 2.45) is 0 Å². The monoisotopic (exact) mass is 481 g/mol. The molecule has 0 aliphatic rings. The minimum absolute atomic E-state index is 0.0567. The predicted octanol–water partition coefficient (Wildman–Crippen LogP) is 2.98. The molecule has 180 valence electrons. The second-order valence-electron chi connectivity index (χ2n) is 8.21. The number of carbonyl (C=O) groups is 2. The van der Waals surface area contributed by atoms with Gasteiger partial charge in [-0.1, -0.05) is 29.8 Å². The molecule has 2 aromatic rings. The molecule has 0 radical (unpaired) electrons. The van der Waals surface area contributed by atoms with E-state index in [0.29, 0.717) is 10.4 Å². The number of hydrogen-bond donors (Lipinski definition) is 1. The fourth-order valence-electron chi connectivity index (χ4n) is 3.13. The zero-order valence-electron chi connectivity index (χ0n) is 19.3. The van der Waals surface area contributed by atoms with Crippen molar-refractivity contribution < 1.29 is 26.8 Å². The first-order chi connectivity index (χ1) is 15.3. The van der Waals surface area contributed by atoms with Crippen LogP contribution in [0.15, 0.2) is 42.5 Å². The van der Waals surface area contributed by atoms with Crippen LogP contribution in [0, 0.1) is 18.6 Å². The first kappa shape index (κ1) is 26.2. The molecule has 0 aliphatic carbocycles. The van der Waals surface area contributed by atoms with Crippen molar-refractivity contribution >= 4 is 27.5 Å². The minimum atomic E-state index is -4.02. The summed E-state index contributed by atoms with van der Waals surface area (Å²) in [5.41, 5.74) is 1.57. The Balaban J connectivity index is 2.40. The number of halogens is 2. The van der Waals surface area contributed by atoms with Gasteiger partial charge in [0.05, 0.1) is 11.9 Å². The topological polar surface area (TPSA) is 86.8 Å². The van der Waals surface area contributed by atoms with Crippen LogP contribution in [-0.4, -0.2) is 50.0 Å². The first-order valence-corrected chi connectivity index (χ1v) is 12.2. The summed E-state index contributed by atoms with van der Waals surface area (Å²) >= 11 is 0. The number of carbonyl (C=O) groups excluding carboxylic acids is 2. The van der Waals surface area contributed by atoms with Crippen LogP contribution in [-0.2, 0) is 26.2 Å². The zero-order chi connectivity index (χ0) is 24.9. The van der Waals surface area contributed by atoms with Gasteiger partial charge in [-0.05, 0) is 45.4 Å². The Hall–Kier alpha value is -3.01. The van der Waals surface area contributed by atoms with Gasteiger partial charge in [0.25, 0.3) is 0 Å². The smallest absolute Gasteiger partial charge is 0.244 e. The number of hydrogen-bond acceptors (Lipinski definition) is 4.